The highest BCUT2D eigenvalue weighted by atomic mass is 19.4. The Bertz CT molecular complexity index is 1630. The summed E-state index contributed by atoms with van der Waals surface area (Å²) in [5, 5.41) is 13.5. The van der Waals surface area contributed by atoms with Gasteiger partial charge in [0.15, 0.2) is 5.82 Å². The third-order valence-corrected chi connectivity index (χ3v) is 6.09. The van der Waals surface area contributed by atoms with Gasteiger partial charge in [-0.25, -0.2) is 14.5 Å². The minimum Gasteiger partial charge on any atom is -0.488 e. The molecule has 2 aromatic carbocycles. The Kier molecular flexibility index (Phi) is 6.84. The van der Waals surface area contributed by atoms with E-state index in [1.165, 1.54) is 16.9 Å². The number of nitrogens with zero attached hydrogens (tertiary/aromatic N) is 4. The zero-order valence-corrected chi connectivity index (χ0v) is 20.6. The summed E-state index contributed by atoms with van der Waals surface area (Å²) >= 11 is 0. The molecule has 0 bridgehead atoms. The van der Waals surface area contributed by atoms with Crippen LogP contribution in [0.1, 0.15) is 27.2 Å². The van der Waals surface area contributed by atoms with Crippen LogP contribution in [0, 0.1) is 6.92 Å². The second kappa shape index (κ2) is 10.4. The average Bonchev–Trinajstić information content (AvgIpc) is 3.33. The molecule has 39 heavy (non-hydrogen) atoms. The van der Waals surface area contributed by atoms with Crippen molar-refractivity contribution in [2.45, 2.75) is 19.7 Å². The minimum atomic E-state index is -4.43. The topological polar surface area (TPSA) is 90.1 Å². The normalized spacial score (nSPS) is 11.4. The number of rotatable bonds is 7. The lowest BCUT2D eigenvalue weighted by molar-refractivity contribution is -0.137. The Morgan fingerprint density at radius 3 is 2.36 bits per heavy atom. The summed E-state index contributed by atoms with van der Waals surface area (Å²) in [6, 6.07) is 22.4. The minimum absolute atomic E-state index is 0.103. The van der Waals surface area contributed by atoms with Crippen LogP contribution in [0.5, 0.6) is 5.75 Å². The smallest absolute Gasteiger partial charge is 0.417 e. The first-order valence-electron chi connectivity index (χ1n) is 11.8. The number of carboxylic acids is 1. The maximum atomic E-state index is 12.8. The number of carbonyl (C=O) groups is 1. The summed E-state index contributed by atoms with van der Waals surface area (Å²) in [6.45, 7) is 1.92. The van der Waals surface area contributed by atoms with Gasteiger partial charge in [0.2, 0.25) is 0 Å². The van der Waals surface area contributed by atoms with Crippen LogP contribution in [0.2, 0.25) is 0 Å². The van der Waals surface area contributed by atoms with Gasteiger partial charge in [0.1, 0.15) is 17.9 Å². The molecule has 0 radical (unpaired) electrons. The molecule has 3 aromatic heterocycles. The van der Waals surface area contributed by atoms with E-state index >= 15 is 0 Å². The van der Waals surface area contributed by atoms with E-state index in [9.17, 15) is 23.1 Å². The fourth-order valence-electron chi connectivity index (χ4n) is 4.01. The lowest BCUT2D eigenvalue weighted by Crippen LogP contribution is -2.05. The van der Waals surface area contributed by atoms with E-state index in [4.69, 9.17) is 4.74 Å². The van der Waals surface area contributed by atoms with Gasteiger partial charge in [-0.2, -0.15) is 18.3 Å². The molecule has 0 amide bonds. The molecule has 0 atom stereocenters. The zero-order chi connectivity index (χ0) is 27.6. The van der Waals surface area contributed by atoms with Crippen LogP contribution >= 0.6 is 0 Å². The fourth-order valence-corrected chi connectivity index (χ4v) is 4.01. The SMILES string of the molecule is Cc1c(C(=O)O)cnn1-c1cccc(-c2ccccc2OCc2ccc(-c3ccc(C(F)(F)F)cn3)cc2)n1. The number of pyridine rings is 2. The van der Waals surface area contributed by atoms with E-state index in [0.717, 1.165) is 23.4 Å². The molecule has 0 fully saturated rings. The first kappa shape index (κ1) is 25.7. The Morgan fingerprint density at radius 1 is 0.923 bits per heavy atom. The van der Waals surface area contributed by atoms with Crippen molar-refractivity contribution < 1.29 is 27.8 Å². The molecule has 5 aromatic rings. The number of alkyl halides is 3. The monoisotopic (exact) mass is 530 g/mol. The summed E-state index contributed by atoms with van der Waals surface area (Å²) < 4.78 is 46.0. The average molecular weight is 531 g/mol. The van der Waals surface area contributed by atoms with Gasteiger partial charge < -0.3 is 9.84 Å². The largest absolute Gasteiger partial charge is 0.488 e. The quantitative estimate of drug-likeness (QED) is 0.255. The number of carboxylic acid groups (broad SMARTS) is 1. The van der Waals surface area contributed by atoms with Gasteiger partial charge in [0, 0.05) is 17.3 Å². The molecule has 3 heterocycles. The molecule has 1 N–H and O–H groups in total. The van der Waals surface area contributed by atoms with Crippen molar-refractivity contribution in [2.24, 2.45) is 0 Å². The Labute approximate surface area is 221 Å². The van der Waals surface area contributed by atoms with Crippen molar-refractivity contribution >= 4 is 5.97 Å². The molecule has 7 nitrogen and oxygen atoms in total. The second-order valence-corrected chi connectivity index (χ2v) is 8.65. The van der Waals surface area contributed by atoms with Crippen molar-refractivity contribution in [3.05, 3.63) is 114 Å². The van der Waals surface area contributed by atoms with Crippen LogP contribution in [0.4, 0.5) is 13.2 Å². The van der Waals surface area contributed by atoms with E-state index in [1.807, 2.05) is 48.5 Å². The van der Waals surface area contributed by atoms with Crippen molar-refractivity contribution in [3.8, 4) is 34.1 Å². The Morgan fingerprint density at radius 2 is 1.69 bits per heavy atom. The summed E-state index contributed by atoms with van der Waals surface area (Å²) in [6.07, 6.45) is -2.31. The molecule has 0 aliphatic carbocycles. The van der Waals surface area contributed by atoms with Crippen molar-refractivity contribution in [1.82, 2.24) is 19.7 Å². The van der Waals surface area contributed by atoms with E-state index in [1.54, 1.807) is 25.1 Å². The summed E-state index contributed by atoms with van der Waals surface area (Å²) in [5.74, 6) is 0.0103. The predicted molar refractivity (Wildman–Crippen MR) is 137 cm³/mol. The van der Waals surface area contributed by atoms with Crippen molar-refractivity contribution in [1.29, 1.82) is 0 Å². The molecule has 0 saturated heterocycles. The Balaban J connectivity index is 1.33. The fraction of sp³-hybridized carbons (Fsp3) is 0.103. The van der Waals surface area contributed by atoms with Gasteiger partial charge in [-0.15, -0.1) is 0 Å². The number of benzene rings is 2. The second-order valence-electron chi connectivity index (χ2n) is 8.65. The van der Waals surface area contributed by atoms with Crippen molar-refractivity contribution in [2.75, 3.05) is 0 Å². The van der Waals surface area contributed by atoms with Gasteiger partial charge >= 0.3 is 12.1 Å². The molecule has 0 spiro atoms. The molecule has 5 rings (SSSR count). The number of para-hydroxylation sites is 1. The van der Waals surface area contributed by atoms with Gasteiger partial charge in [-0.05, 0) is 48.9 Å². The maximum absolute atomic E-state index is 12.8. The standard InChI is InChI=1S/C29H21F3N4O3/c1-18-23(28(37)38)16-34-36(18)27-8-4-6-25(35-27)22-5-2-3-7-26(22)39-17-19-9-11-20(12-10-19)24-14-13-21(15-33-24)29(30,31)32/h2-16H,17H2,1H3,(H,37,38). The van der Waals surface area contributed by atoms with Gasteiger partial charge in [-0.3, -0.25) is 4.98 Å². The third-order valence-electron chi connectivity index (χ3n) is 6.09. The highest BCUT2D eigenvalue weighted by Gasteiger charge is 2.30. The molecule has 0 saturated carbocycles. The molecule has 10 heteroatoms. The maximum Gasteiger partial charge on any atom is 0.417 e. The first-order chi connectivity index (χ1) is 18.7. The molecule has 0 unspecified atom stereocenters. The number of halogens is 3. The number of hydrogen-bond acceptors (Lipinski definition) is 5. The number of aromatic carboxylic acids is 1. The summed E-state index contributed by atoms with van der Waals surface area (Å²) in [5.41, 5.74) is 3.13. The Hall–Kier alpha value is -4.99. The molecular formula is C29H21F3N4O3. The highest BCUT2D eigenvalue weighted by Crippen LogP contribution is 2.31. The van der Waals surface area contributed by atoms with Gasteiger partial charge in [-0.1, -0.05) is 42.5 Å². The van der Waals surface area contributed by atoms with Crippen molar-refractivity contribution in [3.63, 3.8) is 0 Å². The van der Waals surface area contributed by atoms with E-state index in [0.29, 0.717) is 34.2 Å². The van der Waals surface area contributed by atoms with Crippen LogP contribution in [-0.2, 0) is 12.8 Å². The van der Waals surface area contributed by atoms with Crippen LogP contribution < -0.4 is 4.74 Å². The van der Waals surface area contributed by atoms with Gasteiger partial charge in [0.25, 0.3) is 0 Å². The summed E-state index contributed by atoms with van der Waals surface area (Å²) in [4.78, 5) is 20.0. The number of ether oxygens (including phenoxy) is 1. The zero-order valence-electron chi connectivity index (χ0n) is 20.6. The molecular weight excluding hydrogens is 509 g/mol. The summed E-state index contributed by atoms with van der Waals surface area (Å²) in [7, 11) is 0. The van der Waals surface area contributed by atoms with E-state index in [2.05, 4.69) is 15.1 Å². The van der Waals surface area contributed by atoms with Crippen LogP contribution in [0.15, 0.2) is 91.3 Å². The van der Waals surface area contributed by atoms with Gasteiger partial charge in [0.05, 0.1) is 28.8 Å². The van der Waals surface area contributed by atoms with Crippen LogP contribution in [-0.4, -0.2) is 30.8 Å². The molecule has 196 valence electrons. The lowest BCUT2D eigenvalue weighted by atomic mass is 10.1. The first-order valence-corrected chi connectivity index (χ1v) is 11.8. The third kappa shape index (κ3) is 5.49. The molecule has 0 aliphatic heterocycles. The van der Waals surface area contributed by atoms with E-state index in [-0.39, 0.29) is 12.2 Å². The van der Waals surface area contributed by atoms with Crippen LogP contribution in [0.3, 0.4) is 0 Å². The van der Waals surface area contributed by atoms with Crippen LogP contribution in [0.25, 0.3) is 28.3 Å². The molecule has 0 aliphatic rings. The number of hydrogen-bond donors (Lipinski definition) is 1. The number of aromatic nitrogens is 4. The predicted octanol–water partition coefficient (Wildman–Crippen LogP) is 6.60. The highest BCUT2D eigenvalue weighted by molar-refractivity contribution is 5.88. The lowest BCUT2D eigenvalue weighted by Gasteiger charge is -2.13. The van der Waals surface area contributed by atoms with E-state index < -0.39 is 17.7 Å².